The van der Waals surface area contributed by atoms with Crippen LogP contribution in [0.25, 0.3) is 10.1 Å². The van der Waals surface area contributed by atoms with Gasteiger partial charge in [-0.25, -0.2) is 0 Å². The number of hydrogen-bond acceptors (Lipinski definition) is 12. The highest BCUT2D eigenvalue weighted by Gasteiger charge is 2.51. The second-order valence-electron chi connectivity index (χ2n) is 20.5. The molecule has 9 rings (SSSR count). The highest BCUT2D eigenvalue weighted by molar-refractivity contribution is 7.52. The van der Waals surface area contributed by atoms with E-state index in [2.05, 4.69) is 20.9 Å². The third-order valence-electron chi connectivity index (χ3n) is 14.5. The summed E-state index contributed by atoms with van der Waals surface area (Å²) < 4.78 is 53.8. The van der Waals surface area contributed by atoms with E-state index >= 15 is 0 Å². The van der Waals surface area contributed by atoms with Gasteiger partial charge in [0.05, 0.1) is 30.7 Å². The number of benzene rings is 3. The maximum atomic E-state index is 14.9. The Morgan fingerprint density at radius 3 is 2.42 bits per heavy atom. The van der Waals surface area contributed by atoms with E-state index in [1.165, 1.54) is 17.0 Å². The lowest BCUT2D eigenvalue weighted by molar-refractivity contribution is -0.150. The van der Waals surface area contributed by atoms with E-state index in [4.69, 9.17) is 9.47 Å². The van der Waals surface area contributed by atoms with E-state index < -0.39 is 66.2 Å². The largest absolute Gasteiger partial charge is 0.399 e. The highest BCUT2D eigenvalue weighted by Crippen LogP contribution is 2.59. The lowest BCUT2D eigenvalue weighted by Gasteiger charge is -2.38. The third-order valence-corrected chi connectivity index (χ3v) is 16.6. The van der Waals surface area contributed by atoms with Crippen molar-refractivity contribution in [2.24, 2.45) is 5.41 Å². The lowest BCUT2D eigenvalue weighted by atomic mass is 9.85. The van der Waals surface area contributed by atoms with E-state index in [-0.39, 0.29) is 79.0 Å². The molecule has 4 aromatic rings. The Morgan fingerprint density at radius 1 is 0.959 bits per heavy atom. The molecule has 0 spiro atoms. The first-order valence-electron chi connectivity index (χ1n) is 24.6. The molecule has 5 aliphatic rings. The average molecular weight is 1050 g/mol. The second-order valence-corrected chi connectivity index (χ2v) is 23.2. The van der Waals surface area contributed by atoms with Crippen molar-refractivity contribution in [2.45, 2.75) is 101 Å². The Labute approximate surface area is 424 Å². The van der Waals surface area contributed by atoms with Crippen molar-refractivity contribution in [3.8, 4) is 0 Å². The number of rotatable bonds is 14. The fraction of sp³-hybridized carbons (Fsp3) is 0.490. The summed E-state index contributed by atoms with van der Waals surface area (Å²) in [5.41, 5.74) is -3.07. The fourth-order valence-corrected chi connectivity index (χ4v) is 11.9. The number of amides is 6. The number of thiophene rings is 1. The molecule has 3 aromatic carbocycles. The van der Waals surface area contributed by atoms with Crippen LogP contribution in [0.5, 0.6) is 0 Å². The van der Waals surface area contributed by atoms with Crippen molar-refractivity contribution in [1.29, 1.82) is 0 Å². The van der Waals surface area contributed by atoms with Gasteiger partial charge >= 0.3 is 13.3 Å². The van der Waals surface area contributed by atoms with Crippen LogP contribution >= 0.6 is 18.9 Å². The number of carbonyl (C=O) groups is 6. The van der Waals surface area contributed by atoms with E-state index in [1.54, 1.807) is 36.6 Å². The Hall–Kier alpha value is -5.67. The molecule has 6 heterocycles. The zero-order chi connectivity index (χ0) is 52.0. The Kier molecular flexibility index (Phi) is 15.0. The molecule has 18 nitrogen and oxygen atoms in total. The first-order chi connectivity index (χ1) is 34.7. The zero-order valence-electron chi connectivity index (χ0n) is 40.8. The van der Waals surface area contributed by atoms with Crippen molar-refractivity contribution >= 4 is 70.1 Å². The van der Waals surface area contributed by atoms with Crippen molar-refractivity contribution in [2.75, 3.05) is 57.8 Å². The van der Waals surface area contributed by atoms with Crippen molar-refractivity contribution in [3.05, 3.63) is 99.9 Å². The van der Waals surface area contributed by atoms with Crippen LogP contribution in [0.15, 0.2) is 72.8 Å². The highest BCUT2D eigenvalue weighted by atomic mass is 32.1. The molecule has 0 bridgehead atoms. The predicted molar refractivity (Wildman–Crippen MR) is 266 cm³/mol. The summed E-state index contributed by atoms with van der Waals surface area (Å²) >= 11 is 0.974. The van der Waals surface area contributed by atoms with Crippen LogP contribution in [0.1, 0.15) is 95.7 Å². The molecule has 2 unspecified atom stereocenters. The van der Waals surface area contributed by atoms with Crippen LogP contribution in [-0.4, -0.2) is 148 Å². The SMILES string of the molecule is CC(C)(C)[C@H](NC(=O)c1cc2cc(C(F)(F)P(=O)(O)O)ccc2s1)C(=O)N1C[C@@H](OCCN2CCC(Nc3cccc4c3CN(C3CCC(=O)NC3=O)C4=O)CC2)C[C@H]1C(=O)N1CCOC(c2ccccc2)C1. The number of ether oxygens (including phenoxy) is 2. The van der Waals surface area contributed by atoms with Gasteiger partial charge in [0.2, 0.25) is 23.6 Å². The summed E-state index contributed by atoms with van der Waals surface area (Å²) in [7, 11) is -5.84. The predicted octanol–water partition coefficient (Wildman–Crippen LogP) is 5.20. The molecule has 5 atom stereocenters. The van der Waals surface area contributed by atoms with Gasteiger partial charge in [-0.15, -0.1) is 11.3 Å². The maximum Gasteiger partial charge on any atom is 0.399 e. The average Bonchev–Trinajstić information content (AvgIpc) is 4.09. The van der Waals surface area contributed by atoms with Gasteiger partial charge in [0.25, 0.3) is 11.8 Å². The normalized spacial score (nSPS) is 22.9. The Balaban J connectivity index is 0.848. The number of halogens is 2. The van der Waals surface area contributed by atoms with Gasteiger partial charge in [-0.3, -0.25) is 38.6 Å². The molecule has 390 valence electrons. The summed E-state index contributed by atoms with van der Waals surface area (Å²) in [4.78, 5) is 107. The Bertz CT molecular complexity index is 2830. The summed E-state index contributed by atoms with van der Waals surface area (Å²) in [5, 5.41) is 9.03. The summed E-state index contributed by atoms with van der Waals surface area (Å²) in [6.07, 6.45) is 1.44. The van der Waals surface area contributed by atoms with Crippen LogP contribution < -0.4 is 16.0 Å². The van der Waals surface area contributed by atoms with Crippen LogP contribution in [0.4, 0.5) is 14.5 Å². The van der Waals surface area contributed by atoms with Crippen LogP contribution in [0.3, 0.4) is 0 Å². The number of fused-ring (bicyclic) bond motifs is 2. The van der Waals surface area contributed by atoms with E-state index in [1.807, 2.05) is 42.5 Å². The number of anilines is 1. The molecule has 5 aliphatic heterocycles. The van der Waals surface area contributed by atoms with Gasteiger partial charge in [-0.2, -0.15) is 8.78 Å². The molecule has 5 N–H and O–H groups in total. The minimum absolute atomic E-state index is 0.0838. The molecule has 1 aromatic heterocycles. The maximum absolute atomic E-state index is 14.9. The van der Waals surface area contributed by atoms with Gasteiger partial charge < -0.3 is 49.5 Å². The number of alkyl halides is 2. The van der Waals surface area contributed by atoms with Crippen molar-refractivity contribution < 1.29 is 61.4 Å². The van der Waals surface area contributed by atoms with E-state index in [0.717, 1.165) is 66.2 Å². The number of carbonyl (C=O) groups excluding carboxylic acids is 6. The van der Waals surface area contributed by atoms with Crippen LogP contribution in [0, 0.1) is 5.41 Å². The van der Waals surface area contributed by atoms with E-state index in [0.29, 0.717) is 36.6 Å². The molecule has 6 amide bonds. The number of hydrogen-bond donors (Lipinski definition) is 5. The lowest BCUT2D eigenvalue weighted by Crippen LogP contribution is -2.58. The zero-order valence-corrected chi connectivity index (χ0v) is 42.5. The number of nitrogens with zero attached hydrogens (tertiary/aromatic N) is 4. The molecule has 4 saturated heterocycles. The molecule has 0 saturated carbocycles. The topological polar surface area (TPSA) is 227 Å². The smallest absolute Gasteiger partial charge is 0.382 e. The standard InChI is InChI=1S/C51H60F2N7O11PS/c1-50(2,3)44(56-46(63)42-25-31-24-32(12-14-41(31)73-42)51(52,53)72(67,68)69)49(66)59-27-34(26-39(59)48(65)58-21-23-71-40(29-58)30-8-5-4-6-9-30)70-22-20-57-18-16-33(17-19-57)54-37-11-7-10-35-36(37)28-60(47(35)64)38-13-15-43(61)55-45(38)62/h4-12,14,24-25,33-34,38-40,44,54H,13,15-23,26-29H2,1-3H3,(H,56,63)(H,55,61,62)(H2,67,68,69)/t34-,38?,39-,40?,44+/m0/s1. The van der Waals surface area contributed by atoms with Crippen molar-refractivity contribution in [3.63, 3.8) is 0 Å². The molecule has 0 aliphatic carbocycles. The third kappa shape index (κ3) is 11.1. The molecule has 22 heteroatoms. The van der Waals surface area contributed by atoms with Gasteiger partial charge in [-0.1, -0.05) is 63.2 Å². The molecular weight excluding hydrogens is 988 g/mol. The first kappa shape index (κ1) is 52.2. The number of piperidine rings is 2. The number of likely N-dealkylation sites (tertiary alicyclic amines) is 2. The number of imide groups is 1. The first-order valence-corrected chi connectivity index (χ1v) is 27.0. The minimum atomic E-state index is -5.84. The number of morpholine rings is 1. The van der Waals surface area contributed by atoms with Crippen LogP contribution in [0.2, 0.25) is 0 Å². The summed E-state index contributed by atoms with van der Waals surface area (Å²) in [6.45, 7) is 9.06. The summed E-state index contributed by atoms with van der Waals surface area (Å²) in [6, 6.07) is 16.9. The monoisotopic (exact) mass is 1050 g/mol. The van der Waals surface area contributed by atoms with Crippen molar-refractivity contribution in [1.82, 2.24) is 30.2 Å². The van der Waals surface area contributed by atoms with Gasteiger partial charge in [0, 0.05) is 85.2 Å². The number of nitrogens with one attached hydrogen (secondary N) is 3. The quantitative estimate of drug-likeness (QED) is 0.0810. The molecule has 73 heavy (non-hydrogen) atoms. The Morgan fingerprint density at radius 2 is 1.71 bits per heavy atom. The summed E-state index contributed by atoms with van der Waals surface area (Å²) in [5.74, 6) is -2.43. The minimum Gasteiger partial charge on any atom is -0.382 e. The van der Waals surface area contributed by atoms with Gasteiger partial charge in [0.15, 0.2) is 0 Å². The van der Waals surface area contributed by atoms with Crippen LogP contribution in [-0.2, 0) is 45.4 Å². The molecule has 0 radical (unpaired) electrons. The fourth-order valence-electron chi connectivity index (χ4n) is 10.4. The van der Waals surface area contributed by atoms with Gasteiger partial charge in [0.1, 0.15) is 24.2 Å². The molecular formula is C51H60F2N7O11PS. The van der Waals surface area contributed by atoms with Gasteiger partial charge in [-0.05, 0) is 66.0 Å². The second kappa shape index (κ2) is 20.9. The molecule has 4 fully saturated rings. The van der Waals surface area contributed by atoms with E-state index in [9.17, 15) is 51.9 Å².